The maximum absolute atomic E-state index is 12.4. The maximum Gasteiger partial charge on any atom is 0.270 e. The van der Waals surface area contributed by atoms with Gasteiger partial charge in [-0.3, -0.25) is 4.79 Å². The quantitative estimate of drug-likeness (QED) is 0.857. The number of nitrogens with one attached hydrogen (secondary N) is 1. The first kappa shape index (κ1) is 15.9. The lowest BCUT2D eigenvalue weighted by Gasteiger charge is -2.21. The Morgan fingerprint density at radius 3 is 2.48 bits per heavy atom. The predicted molar refractivity (Wildman–Crippen MR) is 83.9 cm³/mol. The highest BCUT2D eigenvalue weighted by Crippen LogP contribution is 2.22. The molecule has 0 aliphatic carbocycles. The Bertz CT molecular complexity index is 579. The minimum Gasteiger partial charge on any atom is -0.395 e. The van der Waals surface area contributed by atoms with E-state index in [1.54, 1.807) is 4.90 Å². The first-order valence-corrected chi connectivity index (χ1v) is 7.35. The smallest absolute Gasteiger partial charge is 0.270 e. The minimum absolute atomic E-state index is 0.0945. The number of hydrogen-bond donors (Lipinski definition) is 2. The van der Waals surface area contributed by atoms with E-state index >= 15 is 0 Å². The molecular formula is C15H16Cl2N2O2. The summed E-state index contributed by atoms with van der Waals surface area (Å²) >= 11 is 11.7. The van der Waals surface area contributed by atoms with E-state index < -0.39 is 0 Å². The van der Waals surface area contributed by atoms with Gasteiger partial charge in [0.2, 0.25) is 0 Å². The summed E-state index contributed by atoms with van der Waals surface area (Å²) in [6.07, 6.45) is 0.717. The third-order valence-corrected chi connectivity index (χ3v) is 3.82. The molecule has 0 radical (unpaired) electrons. The molecule has 21 heavy (non-hydrogen) atoms. The van der Waals surface area contributed by atoms with Crippen LogP contribution in [0.1, 0.15) is 16.1 Å². The van der Waals surface area contributed by atoms with Gasteiger partial charge in [-0.15, -0.1) is 0 Å². The van der Waals surface area contributed by atoms with Crippen molar-refractivity contribution in [2.75, 3.05) is 19.7 Å². The molecule has 0 fully saturated rings. The van der Waals surface area contributed by atoms with Crippen LogP contribution < -0.4 is 0 Å². The highest BCUT2D eigenvalue weighted by Gasteiger charge is 2.18. The van der Waals surface area contributed by atoms with E-state index in [4.69, 9.17) is 28.3 Å². The Balaban J connectivity index is 2.05. The molecule has 1 aromatic heterocycles. The number of aromatic nitrogens is 1. The fourth-order valence-corrected chi connectivity index (χ4v) is 2.35. The van der Waals surface area contributed by atoms with Gasteiger partial charge in [0.15, 0.2) is 0 Å². The average Bonchev–Trinajstić information content (AvgIpc) is 2.83. The van der Waals surface area contributed by atoms with Crippen LogP contribution in [0.5, 0.6) is 0 Å². The molecule has 0 aliphatic rings. The van der Waals surface area contributed by atoms with Crippen LogP contribution in [-0.2, 0) is 6.42 Å². The zero-order chi connectivity index (χ0) is 15.2. The average molecular weight is 327 g/mol. The lowest BCUT2D eigenvalue weighted by molar-refractivity contribution is 0.0719. The molecule has 1 heterocycles. The van der Waals surface area contributed by atoms with E-state index in [-0.39, 0.29) is 24.2 Å². The molecule has 1 amide bonds. The second-order valence-electron chi connectivity index (χ2n) is 4.60. The van der Waals surface area contributed by atoms with Crippen molar-refractivity contribution in [1.29, 1.82) is 0 Å². The van der Waals surface area contributed by atoms with Gasteiger partial charge < -0.3 is 15.0 Å². The fourth-order valence-electron chi connectivity index (χ4n) is 2.03. The number of aliphatic hydroxyl groups excluding tert-OH is 1. The minimum atomic E-state index is -0.228. The molecule has 112 valence electrons. The van der Waals surface area contributed by atoms with Crippen LogP contribution in [0.4, 0.5) is 0 Å². The van der Waals surface area contributed by atoms with E-state index in [1.807, 2.05) is 30.3 Å². The standard InChI is InChI=1S/C15H16Cl2N2O2/c16-12-10-13(18-14(12)17)15(21)19(8-9-20)7-6-11-4-2-1-3-5-11/h1-5,10,18,20H,6-9H2. The molecule has 0 atom stereocenters. The topological polar surface area (TPSA) is 56.3 Å². The van der Waals surface area contributed by atoms with Gasteiger partial charge in [-0.2, -0.15) is 0 Å². The maximum atomic E-state index is 12.4. The number of carbonyl (C=O) groups excluding carboxylic acids is 1. The summed E-state index contributed by atoms with van der Waals surface area (Å²) in [5.41, 5.74) is 1.46. The van der Waals surface area contributed by atoms with Gasteiger partial charge in [0.05, 0.1) is 11.6 Å². The third-order valence-electron chi connectivity index (χ3n) is 3.13. The molecule has 0 aliphatic heterocycles. The Morgan fingerprint density at radius 2 is 1.90 bits per heavy atom. The van der Waals surface area contributed by atoms with Crippen LogP contribution in [0, 0.1) is 0 Å². The van der Waals surface area contributed by atoms with Crippen LogP contribution in [0.3, 0.4) is 0 Å². The summed E-state index contributed by atoms with van der Waals surface area (Å²) in [5.74, 6) is -0.228. The van der Waals surface area contributed by atoms with Gasteiger partial charge in [-0.25, -0.2) is 0 Å². The van der Waals surface area contributed by atoms with Crippen LogP contribution in [-0.4, -0.2) is 40.6 Å². The third kappa shape index (κ3) is 4.24. The summed E-state index contributed by atoms with van der Waals surface area (Å²) in [6.45, 7) is 0.681. The zero-order valence-electron chi connectivity index (χ0n) is 11.4. The van der Waals surface area contributed by atoms with E-state index in [2.05, 4.69) is 4.98 Å². The molecule has 0 saturated carbocycles. The van der Waals surface area contributed by atoms with E-state index in [0.29, 0.717) is 17.3 Å². The second-order valence-corrected chi connectivity index (χ2v) is 5.38. The molecule has 6 heteroatoms. The van der Waals surface area contributed by atoms with Gasteiger partial charge in [-0.05, 0) is 18.1 Å². The molecule has 0 bridgehead atoms. The second kappa shape index (κ2) is 7.50. The Hall–Kier alpha value is -1.49. The van der Waals surface area contributed by atoms with Crippen molar-refractivity contribution in [2.45, 2.75) is 6.42 Å². The number of carbonyl (C=O) groups is 1. The van der Waals surface area contributed by atoms with Crippen LogP contribution in [0.2, 0.25) is 10.2 Å². The molecule has 0 unspecified atom stereocenters. The van der Waals surface area contributed by atoms with Gasteiger partial charge >= 0.3 is 0 Å². The number of H-pyrrole nitrogens is 1. The Labute approximate surface area is 133 Å². The number of hydrogen-bond acceptors (Lipinski definition) is 2. The summed E-state index contributed by atoms with van der Waals surface area (Å²) in [5, 5.41) is 9.69. The van der Waals surface area contributed by atoms with E-state index in [9.17, 15) is 4.79 Å². The molecule has 0 spiro atoms. The molecule has 1 aromatic carbocycles. The van der Waals surface area contributed by atoms with Crippen LogP contribution in [0.25, 0.3) is 0 Å². The number of rotatable bonds is 6. The van der Waals surface area contributed by atoms with Crippen LogP contribution >= 0.6 is 23.2 Å². The van der Waals surface area contributed by atoms with Gasteiger partial charge in [-0.1, -0.05) is 53.5 Å². The molecule has 2 aromatic rings. The summed E-state index contributed by atoms with van der Waals surface area (Å²) in [7, 11) is 0. The van der Waals surface area contributed by atoms with Crippen molar-refractivity contribution in [3.63, 3.8) is 0 Å². The molecule has 2 N–H and O–H groups in total. The van der Waals surface area contributed by atoms with E-state index in [0.717, 1.165) is 12.0 Å². The lowest BCUT2D eigenvalue weighted by atomic mass is 10.1. The summed E-state index contributed by atoms with van der Waals surface area (Å²) in [4.78, 5) is 16.7. The van der Waals surface area contributed by atoms with Crippen molar-refractivity contribution in [3.8, 4) is 0 Å². The highest BCUT2D eigenvalue weighted by atomic mass is 35.5. The largest absolute Gasteiger partial charge is 0.395 e. The predicted octanol–water partition coefficient (Wildman–Crippen LogP) is 3.00. The van der Waals surface area contributed by atoms with Gasteiger partial charge in [0, 0.05) is 13.1 Å². The van der Waals surface area contributed by atoms with Crippen molar-refractivity contribution in [1.82, 2.24) is 9.88 Å². The number of benzene rings is 1. The molecular weight excluding hydrogens is 311 g/mol. The van der Waals surface area contributed by atoms with Crippen molar-refractivity contribution < 1.29 is 9.90 Å². The van der Waals surface area contributed by atoms with Crippen molar-refractivity contribution in [2.24, 2.45) is 0 Å². The first-order chi connectivity index (χ1) is 10.1. The number of aromatic amines is 1. The monoisotopic (exact) mass is 326 g/mol. The zero-order valence-corrected chi connectivity index (χ0v) is 12.9. The number of nitrogens with zero attached hydrogens (tertiary/aromatic N) is 1. The van der Waals surface area contributed by atoms with Crippen LogP contribution in [0.15, 0.2) is 36.4 Å². The Morgan fingerprint density at radius 1 is 1.19 bits per heavy atom. The van der Waals surface area contributed by atoms with Crippen molar-refractivity contribution in [3.05, 3.63) is 57.8 Å². The molecule has 2 rings (SSSR count). The molecule has 0 saturated heterocycles. The fraction of sp³-hybridized carbons (Fsp3) is 0.267. The number of aliphatic hydroxyl groups is 1. The Kier molecular flexibility index (Phi) is 5.67. The summed E-state index contributed by atoms with van der Waals surface area (Å²) in [6, 6.07) is 11.4. The lowest BCUT2D eigenvalue weighted by Crippen LogP contribution is -2.35. The van der Waals surface area contributed by atoms with Crippen molar-refractivity contribution >= 4 is 29.1 Å². The summed E-state index contributed by atoms with van der Waals surface area (Å²) < 4.78 is 0. The highest BCUT2D eigenvalue weighted by molar-refractivity contribution is 6.41. The number of halogens is 2. The first-order valence-electron chi connectivity index (χ1n) is 6.60. The van der Waals surface area contributed by atoms with E-state index in [1.165, 1.54) is 6.07 Å². The SMILES string of the molecule is O=C(c1cc(Cl)c(Cl)[nH]1)N(CCO)CCc1ccccc1. The molecule has 4 nitrogen and oxygen atoms in total. The normalized spacial score (nSPS) is 10.6. The van der Waals surface area contributed by atoms with Gasteiger partial charge in [0.1, 0.15) is 10.8 Å². The van der Waals surface area contributed by atoms with Gasteiger partial charge in [0.25, 0.3) is 5.91 Å². The number of amides is 1.